The predicted octanol–water partition coefficient (Wildman–Crippen LogP) is 1.58. The average molecular weight is 262 g/mol. The Bertz CT molecular complexity index is 607. The molecule has 0 saturated heterocycles. The molecule has 0 aliphatic rings. The number of nitrogens with two attached hydrogens (primary N) is 1. The second-order valence-electron chi connectivity index (χ2n) is 4.28. The molecule has 1 heterocycles. The Labute approximate surface area is 109 Å². The van der Waals surface area contributed by atoms with Gasteiger partial charge in [-0.3, -0.25) is 10.1 Å². The van der Waals surface area contributed by atoms with E-state index in [0.29, 0.717) is 11.6 Å². The maximum atomic E-state index is 10.7. The van der Waals surface area contributed by atoms with Gasteiger partial charge in [0.05, 0.1) is 10.6 Å². The third-order valence-corrected chi connectivity index (χ3v) is 2.34. The van der Waals surface area contributed by atoms with E-state index in [2.05, 4.69) is 15.4 Å². The molecular weight excluding hydrogens is 248 g/mol. The zero-order chi connectivity index (χ0) is 14.0. The summed E-state index contributed by atoms with van der Waals surface area (Å²) in [5.41, 5.74) is 6.23. The SMILES string of the molecule is CC(C)Nc1nc(N)n(-c2cccc([N+](=O)[O-])c2)n1. The van der Waals surface area contributed by atoms with Crippen LogP contribution in [0.3, 0.4) is 0 Å². The number of non-ortho nitro benzene ring substituents is 1. The third kappa shape index (κ3) is 2.79. The molecule has 0 radical (unpaired) electrons. The predicted molar refractivity (Wildman–Crippen MR) is 71.2 cm³/mol. The number of nitro groups is 1. The van der Waals surface area contributed by atoms with E-state index in [1.54, 1.807) is 12.1 Å². The number of nitrogen functional groups attached to an aromatic ring is 1. The molecule has 8 heteroatoms. The number of benzene rings is 1. The van der Waals surface area contributed by atoms with Crippen molar-refractivity contribution in [2.75, 3.05) is 11.1 Å². The van der Waals surface area contributed by atoms with Gasteiger partial charge >= 0.3 is 0 Å². The van der Waals surface area contributed by atoms with Crippen molar-refractivity contribution in [1.29, 1.82) is 0 Å². The van der Waals surface area contributed by atoms with Gasteiger partial charge in [0.15, 0.2) is 0 Å². The minimum absolute atomic E-state index is 0.0224. The zero-order valence-corrected chi connectivity index (χ0v) is 10.6. The Morgan fingerprint density at radius 2 is 2.21 bits per heavy atom. The highest BCUT2D eigenvalue weighted by molar-refractivity contribution is 5.47. The highest BCUT2D eigenvalue weighted by atomic mass is 16.6. The molecule has 2 rings (SSSR count). The van der Waals surface area contributed by atoms with Crippen molar-refractivity contribution in [2.24, 2.45) is 0 Å². The molecule has 0 unspecified atom stereocenters. The summed E-state index contributed by atoms with van der Waals surface area (Å²) in [4.78, 5) is 14.3. The van der Waals surface area contributed by atoms with Gasteiger partial charge < -0.3 is 11.1 Å². The molecule has 0 spiro atoms. The number of rotatable bonds is 4. The normalized spacial score (nSPS) is 10.7. The number of anilines is 2. The molecule has 19 heavy (non-hydrogen) atoms. The van der Waals surface area contributed by atoms with E-state index in [-0.39, 0.29) is 17.7 Å². The summed E-state index contributed by atoms with van der Waals surface area (Å²) in [6, 6.07) is 6.22. The molecule has 8 nitrogen and oxygen atoms in total. The molecule has 0 atom stereocenters. The highest BCUT2D eigenvalue weighted by Gasteiger charge is 2.12. The summed E-state index contributed by atoms with van der Waals surface area (Å²) in [5, 5.41) is 17.9. The first-order chi connectivity index (χ1) is 8.97. The van der Waals surface area contributed by atoms with Crippen LogP contribution in [-0.2, 0) is 0 Å². The summed E-state index contributed by atoms with van der Waals surface area (Å²) in [6.07, 6.45) is 0. The van der Waals surface area contributed by atoms with E-state index in [1.165, 1.54) is 16.8 Å². The first-order valence-corrected chi connectivity index (χ1v) is 5.71. The van der Waals surface area contributed by atoms with E-state index in [9.17, 15) is 10.1 Å². The molecule has 1 aromatic heterocycles. The molecule has 1 aromatic carbocycles. The molecule has 0 aliphatic carbocycles. The molecule has 0 bridgehead atoms. The topological polar surface area (TPSA) is 112 Å². The van der Waals surface area contributed by atoms with E-state index in [1.807, 2.05) is 13.8 Å². The largest absolute Gasteiger partial charge is 0.368 e. The second-order valence-corrected chi connectivity index (χ2v) is 4.28. The minimum Gasteiger partial charge on any atom is -0.368 e. The van der Waals surface area contributed by atoms with Crippen molar-refractivity contribution < 1.29 is 4.92 Å². The van der Waals surface area contributed by atoms with Crippen molar-refractivity contribution in [3.8, 4) is 5.69 Å². The summed E-state index contributed by atoms with van der Waals surface area (Å²) < 4.78 is 1.36. The maximum Gasteiger partial charge on any atom is 0.271 e. The van der Waals surface area contributed by atoms with Gasteiger partial charge in [-0.2, -0.15) is 9.67 Å². The molecule has 100 valence electrons. The van der Waals surface area contributed by atoms with Crippen LogP contribution >= 0.6 is 0 Å². The average Bonchev–Trinajstić information content (AvgIpc) is 2.69. The number of hydrogen-bond acceptors (Lipinski definition) is 6. The van der Waals surface area contributed by atoms with Crippen LogP contribution in [0.15, 0.2) is 24.3 Å². The van der Waals surface area contributed by atoms with Crippen LogP contribution < -0.4 is 11.1 Å². The van der Waals surface area contributed by atoms with Crippen molar-refractivity contribution in [2.45, 2.75) is 19.9 Å². The van der Waals surface area contributed by atoms with E-state index >= 15 is 0 Å². The lowest BCUT2D eigenvalue weighted by molar-refractivity contribution is -0.384. The minimum atomic E-state index is -0.468. The number of nitrogens with zero attached hydrogens (tertiary/aromatic N) is 4. The van der Waals surface area contributed by atoms with Crippen molar-refractivity contribution in [3.05, 3.63) is 34.4 Å². The Morgan fingerprint density at radius 3 is 2.84 bits per heavy atom. The summed E-state index contributed by atoms with van der Waals surface area (Å²) >= 11 is 0. The Balaban J connectivity index is 2.38. The maximum absolute atomic E-state index is 10.7. The van der Waals surface area contributed by atoms with Crippen LogP contribution in [0.2, 0.25) is 0 Å². The Kier molecular flexibility index (Phi) is 3.32. The van der Waals surface area contributed by atoms with Gasteiger partial charge in [-0.1, -0.05) is 6.07 Å². The molecule has 0 amide bonds. The lowest BCUT2D eigenvalue weighted by Crippen LogP contribution is -2.11. The van der Waals surface area contributed by atoms with Gasteiger partial charge in [0.25, 0.3) is 5.69 Å². The molecule has 0 saturated carbocycles. The van der Waals surface area contributed by atoms with Gasteiger partial charge in [-0.15, -0.1) is 5.10 Å². The van der Waals surface area contributed by atoms with Gasteiger partial charge in [0, 0.05) is 18.2 Å². The van der Waals surface area contributed by atoms with E-state index < -0.39 is 4.92 Å². The number of nitro benzene ring substituents is 1. The molecular formula is C11H14N6O2. The number of nitrogens with one attached hydrogen (secondary N) is 1. The van der Waals surface area contributed by atoms with Crippen molar-refractivity contribution >= 4 is 17.6 Å². The number of aromatic nitrogens is 3. The molecule has 2 aromatic rings. The molecule has 0 aliphatic heterocycles. The first kappa shape index (κ1) is 12.8. The fourth-order valence-corrected chi connectivity index (χ4v) is 1.57. The molecule has 0 fully saturated rings. The van der Waals surface area contributed by atoms with Crippen LogP contribution in [0.1, 0.15) is 13.8 Å². The smallest absolute Gasteiger partial charge is 0.271 e. The zero-order valence-electron chi connectivity index (χ0n) is 10.6. The van der Waals surface area contributed by atoms with Crippen LogP contribution in [0.25, 0.3) is 5.69 Å². The fourth-order valence-electron chi connectivity index (χ4n) is 1.57. The van der Waals surface area contributed by atoms with Crippen LogP contribution in [-0.4, -0.2) is 25.7 Å². The lowest BCUT2D eigenvalue weighted by atomic mass is 10.3. The van der Waals surface area contributed by atoms with Crippen molar-refractivity contribution in [1.82, 2.24) is 14.8 Å². The van der Waals surface area contributed by atoms with Crippen LogP contribution in [0.5, 0.6) is 0 Å². The van der Waals surface area contributed by atoms with Gasteiger partial charge in [0.1, 0.15) is 0 Å². The summed E-state index contributed by atoms with van der Waals surface area (Å²) in [5.74, 6) is 0.558. The Hall–Kier alpha value is -2.64. The molecule has 3 N–H and O–H groups in total. The summed E-state index contributed by atoms with van der Waals surface area (Å²) in [7, 11) is 0. The monoisotopic (exact) mass is 262 g/mol. The van der Waals surface area contributed by atoms with Gasteiger partial charge in [0.2, 0.25) is 11.9 Å². The lowest BCUT2D eigenvalue weighted by Gasteiger charge is -2.04. The quantitative estimate of drug-likeness (QED) is 0.639. The Morgan fingerprint density at radius 1 is 1.47 bits per heavy atom. The summed E-state index contributed by atoms with van der Waals surface area (Å²) in [6.45, 7) is 3.90. The van der Waals surface area contributed by atoms with Gasteiger partial charge in [-0.25, -0.2) is 0 Å². The van der Waals surface area contributed by atoms with E-state index in [4.69, 9.17) is 5.73 Å². The van der Waals surface area contributed by atoms with Crippen LogP contribution in [0.4, 0.5) is 17.6 Å². The second kappa shape index (κ2) is 4.92. The highest BCUT2D eigenvalue weighted by Crippen LogP contribution is 2.19. The van der Waals surface area contributed by atoms with Crippen molar-refractivity contribution in [3.63, 3.8) is 0 Å². The third-order valence-electron chi connectivity index (χ3n) is 2.34. The fraction of sp³-hybridized carbons (Fsp3) is 0.273. The van der Waals surface area contributed by atoms with E-state index in [0.717, 1.165) is 0 Å². The first-order valence-electron chi connectivity index (χ1n) is 5.71. The number of hydrogen-bond donors (Lipinski definition) is 2. The van der Waals surface area contributed by atoms with Gasteiger partial charge in [-0.05, 0) is 19.9 Å². The van der Waals surface area contributed by atoms with Crippen LogP contribution in [0, 0.1) is 10.1 Å². The standard InChI is InChI=1S/C11H14N6O2/c1-7(2)13-11-14-10(12)16(15-11)8-4-3-5-9(6-8)17(18)19/h3-7H,1-2H3,(H3,12,13,14,15).